The van der Waals surface area contributed by atoms with Gasteiger partial charge in [0.2, 0.25) is 5.88 Å². The zero-order valence-electron chi connectivity index (χ0n) is 36.8. The molecule has 62 heavy (non-hydrogen) atoms. The van der Waals surface area contributed by atoms with Gasteiger partial charge >= 0.3 is 6.01 Å². The van der Waals surface area contributed by atoms with Crippen molar-refractivity contribution < 1.29 is 32.1 Å². The second-order valence-corrected chi connectivity index (χ2v) is 23.5. The fourth-order valence-electron chi connectivity index (χ4n) is 10.5. The number of nitrogen functional groups attached to an aromatic ring is 1. The minimum absolute atomic E-state index is 0.0757. The highest BCUT2D eigenvalue weighted by molar-refractivity contribution is 6.90. The quantitative estimate of drug-likeness (QED) is 0.0734. The van der Waals surface area contributed by atoms with Gasteiger partial charge in [-0.2, -0.15) is 9.97 Å². The molecule has 1 unspecified atom stereocenters. The molecule has 0 bridgehead atoms. The van der Waals surface area contributed by atoms with Crippen molar-refractivity contribution in [2.75, 3.05) is 57.4 Å². The van der Waals surface area contributed by atoms with Crippen LogP contribution in [0, 0.1) is 23.1 Å². The lowest BCUT2D eigenvalue weighted by atomic mass is 9.95. The highest BCUT2D eigenvalue weighted by Gasteiger charge is 2.49. The first-order chi connectivity index (χ1) is 29.7. The molecule has 2 N–H and O–H groups in total. The minimum atomic E-state index is -2.34. The van der Waals surface area contributed by atoms with Crippen LogP contribution in [0.25, 0.3) is 32.9 Å². The number of rotatable bonds is 12. The average molecular weight is 868 g/mol. The molecule has 0 spiro atoms. The van der Waals surface area contributed by atoms with E-state index >= 15 is 8.78 Å². The van der Waals surface area contributed by atoms with Crippen molar-refractivity contribution in [1.82, 2.24) is 24.8 Å². The maximum atomic E-state index is 18.0. The van der Waals surface area contributed by atoms with Crippen molar-refractivity contribution in [3.8, 4) is 40.4 Å². The Bertz CT molecular complexity index is 2550. The molecule has 3 aromatic heterocycles. The van der Waals surface area contributed by atoms with Crippen LogP contribution >= 0.6 is 0 Å². The zero-order valence-corrected chi connectivity index (χ0v) is 37.8. The molecule has 11 nitrogen and oxygen atoms in total. The first kappa shape index (κ1) is 43.5. The van der Waals surface area contributed by atoms with Gasteiger partial charge in [0, 0.05) is 42.8 Å². The number of nitrogens with zero attached hydrogens (tertiary/aromatic N) is 6. The number of ether oxygens (including phenoxy) is 4. The molecule has 0 radical (unpaired) electrons. The number of nitrogens with two attached hydrogens (primary N) is 1. The molecule has 3 aliphatic rings. The van der Waals surface area contributed by atoms with Gasteiger partial charge in [-0.05, 0) is 72.6 Å². The van der Waals surface area contributed by atoms with Crippen LogP contribution in [0.15, 0.2) is 42.6 Å². The van der Waals surface area contributed by atoms with E-state index < -0.39 is 31.4 Å². The van der Waals surface area contributed by atoms with Crippen molar-refractivity contribution in [2.24, 2.45) is 0 Å². The second kappa shape index (κ2) is 17.2. The number of hydrogen-bond donors (Lipinski definition) is 1. The first-order valence-electron chi connectivity index (χ1n) is 21.6. The van der Waals surface area contributed by atoms with E-state index in [1.807, 2.05) is 17.9 Å². The maximum Gasteiger partial charge on any atom is 0.319 e. The minimum Gasteiger partial charge on any atom is -0.475 e. The molecule has 2 aromatic carbocycles. The molecule has 328 valence electrons. The van der Waals surface area contributed by atoms with E-state index in [0.717, 1.165) is 24.9 Å². The largest absolute Gasteiger partial charge is 0.475 e. The van der Waals surface area contributed by atoms with Gasteiger partial charge in [0.15, 0.2) is 12.6 Å². The molecule has 15 heteroatoms. The molecule has 3 aliphatic heterocycles. The van der Waals surface area contributed by atoms with Crippen LogP contribution in [0.3, 0.4) is 0 Å². The number of anilines is 2. The maximum absolute atomic E-state index is 18.0. The molecule has 0 saturated carbocycles. The zero-order chi connectivity index (χ0) is 44.1. The number of hydrogen-bond acceptors (Lipinski definition) is 11. The number of alkyl halides is 1. The lowest BCUT2D eigenvalue weighted by Gasteiger charge is -2.38. The van der Waals surface area contributed by atoms with Gasteiger partial charge in [-0.15, -0.1) is 5.54 Å². The summed E-state index contributed by atoms with van der Waals surface area (Å²) in [5.41, 5.74) is 11.3. The van der Waals surface area contributed by atoms with Gasteiger partial charge < -0.3 is 29.6 Å². The van der Waals surface area contributed by atoms with Gasteiger partial charge in [0.05, 0.1) is 23.7 Å². The van der Waals surface area contributed by atoms with Gasteiger partial charge in [-0.3, -0.25) is 4.90 Å². The summed E-state index contributed by atoms with van der Waals surface area (Å²) in [6.45, 7) is 16.8. The molecule has 6 heterocycles. The van der Waals surface area contributed by atoms with Crippen molar-refractivity contribution in [1.29, 1.82) is 0 Å². The highest BCUT2D eigenvalue weighted by atomic mass is 28.3. The SMILES string of the molecule is COCOc1cc(-c2nc3c4c(nc(OC[C@@]56CCCN5C[C@H](F)C6)nc4c2F)N(C(C)c2cccnc2N)CCO3)c2c(C#C[Si](C(C)C)(C(C)C)C(C)C)c(F)ccc2c1. The van der Waals surface area contributed by atoms with E-state index in [-0.39, 0.29) is 65.7 Å². The molecular weight excluding hydrogens is 812 g/mol. The lowest BCUT2D eigenvalue weighted by molar-refractivity contribution is 0.0512. The van der Waals surface area contributed by atoms with E-state index in [9.17, 15) is 4.39 Å². The Labute approximate surface area is 362 Å². The van der Waals surface area contributed by atoms with Crippen molar-refractivity contribution in [2.45, 2.75) is 102 Å². The lowest BCUT2D eigenvalue weighted by Crippen LogP contribution is -2.43. The first-order valence-corrected chi connectivity index (χ1v) is 23.9. The predicted octanol–water partition coefficient (Wildman–Crippen LogP) is 9.57. The number of benzene rings is 2. The smallest absolute Gasteiger partial charge is 0.319 e. The molecule has 2 saturated heterocycles. The van der Waals surface area contributed by atoms with Gasteiger partial charge in [-0.1, -0.05) is 59.6 Å². The molecule has 8 rings (SSSR count). The monoisotopic (exact) mass is 867 g/mol. The standard InChI is InChI=1S/C47H56F3N7O4Si/c1-27(2)62(28(3)4,29(5)6)20-14-35-37(49)13-12-31-21-33(61-26-58-8)22-36(38(31)35)41-40(50)42-39-44(55-46(54-42)60-25-47-15-10-17-56(47)24-32(48)23-47)57(18-19-59-45(39)53-41)30(7)34-11-9-16-52-43(34)51/h9,11-13,16,21-22,27-30,32H,10,15,17-19,23-26H2,1-8H3,(H2,51,52)/t30?,32-,47+/m1/s1. The molecule has 5 aromatic rings. The Kier molecular flexibility index (Phi) is 12.0. The number of methoxy groups -OCH3 is 1. The third-order valence-corrected chi connectivity index (χ3v) is 19.8. The van der Waals surface area contributed by atoms with Gasteiger partial charge in [0.25, 0.3) is 0 Å². The predicted molar refractivity (Wildman–Crippen MR) is 239 cm³/mol. The Morgan fingerprint density at radius 1 is 0.984 bits per heavy atom. The summed E-state index contributed by atoms with van der Waals surface area (Å²) >= 11 is 0. The van der Waals surface area contributed by atoms with Gasteiger partial charge in [0.1, 0.15) is 67.3 Å². The van der Waals surface area contributed by atoms with Crippen molar-refractivity contribution >= 4 is 41.4 Å². The highest BCUT2D eigenvalue weighted by Crippen LogP contribution is 2.46. The summed E-state index contributed by atoms with van der Waals surface area (Å²) in [6.07, 6.45) is 2.68. The van der Waals surface area contributed by atoms with Crippen LogP contribution < -0.4 is 24.8 Å². The fraction of sp³-hybridized carbons (Fsp3) is 0.489. The van der Waals surface area contributed by atoms with Crippen LogP contribution in [-0.2, 0) is 4.74 Å². The Morgan fingerprint density at radius 3 is 2.48 bits per heavy atom. The molecule has 3 atom stereocenters. The fourth-order valence-corrected chi connectivity index (χ4v) is 15.7. The van der Waals surface area contributed by atoms with Crippen LogP contribution in [0.2, 0.25) is 16.6 Å². The average Bonchev–Trinajstić information content (AvgIpc) is 3.70. The topological polar surface area (TPSA) is 121 Å². The van der Waals surface area contributed by atoms with Crippen molar-refractivity contribution in [3.05, 3.63) is 65.4 Å². The number of halogens is 3. The summed E-state index contributed by atoms with van der Waals surface area (Å²) in [5.74, 6) is 3.12. The van der Waals surface area contributed by atoms with E-state index in [1.54, 1.807) is 30.5 Å². The molecule has 0 amide bonds. The van der Waals surface area contributed by atoms with E-state index in [0.29, 0.717) is 64.3 Å². The summed E-state index contributed by atoms with van der Waals surface area (Å²) in [7, 11) is -0.838. The van der Waals surface area contributed by atoms with Gasteiger partial charge in [-0.25, -0.2) is 23.1 Å². The van der Waals surface area contributed by atoms with E-state index in [4.69, 9.17) is 39.6 Å². The van der Waals surface area contributed by atoms with E-state index in [1.165, 1.54) is 13.2 Å². The molecule has 2 fully saturated rings. The summed E-state index contributed by atoms with van der Waals surface area (Å²) in [6, 6.07) is 9.64. The number of pyridine rings is 2. The molecule has 0 aliphatic carbocycles. The van der Waals surface area contributed by atoms with Crippen LogP contribution in [0.4, 0.5) is 24.8 Å². The van der Waals surface area contributed by atoms with Crippen molar-refractivity contribution in [3.63, 3.8) is 0 Å². The normalized spacial score (nSPS) is 19.5. The Balaban J connectivity index is 1.37. The summed E-state index contributed by atoms with van der Waals surface area (Å²) in [5, 5.41) is 1.19. The third-order valence-electron chi connectivity index (χ3n) is 13.5. The molecular formula is C47H56F3N7O4Si. The van der Waals surface area contributed by atoms with E-state index in [2.05, 4.69) is 62.9 Å². The Morgan fingerprint density at radius 2 is 1.76 bits per heavy atom. The van der Waals surface area contributed by atoms with Crippen LogP contribution in [0.1, 0.15) is 84.9 Å². The van der Waals surface area contributed by atoms with Crippen LogP contribution in [0.5, 0.6) is 17.6 Å². The third kappa shape index (κ3) is 7.57. The summed E-state index contributed by atoms with van der Waals surface area (Å²) in [4.78, 5) is 23.0. The second-order valence-electron chi connectivity index (χ2n) is 17.9. The Hall–Kier alpha value is -5.17. The number of fused-ring (bicyclic) bond motifs is 2. The summed E-state index contributed by atoms with van der Waals surface area (Å²) < 4.78 is 73.2. The van der Waals surface area contributed by atoms with Crippen LogP contribution in [-0.4, -0.2) is 91.4 Å². The number of aromatic nitrogens is 4.